The van der Waals surface area contributed by atoms with Crippen molar-refractivity contribution in [2.75, 3.05) is 18.5 Å². The Morgan fingerprint density at radius 3 is 3.00 bits per heavy atom. The van der Waals surface area contributed by atoms with Gasteiger partial charge in [0, 0.05) is 24.8 Å². The number of nitrogens with zero attached hydrogens (tertiary/aromatic N) is 1. The van der Waals surface area contributed by atoms with Crippen molar-refractivity contribution in [2.45, 2.75) is 37.7 Å². The van der Waals surface area contributed by atoms with Gasteiger partial charge < -0.3 is 19.8 Å². The van der Waals surface area contributed by atoms with Gasteiger partial charge in [0.15, 0.2) is 11.5 Å². The van der Waals surface area contributed by atoms with Crippen LogP contribution in [0, 0.1) is 0 Å². The predicted molar refractivity (Wildman–Crippen MR) is 82.0 cm³/mol. The van der Waals surface area contributed by atoms with Gasteiger partial charge in [0.25, 0.3) is 0 Å². The number of amides is 2. The second kappa shape index (κ2) is 5.61. The van der Waals surface area contributed by atoms with E-state index in [9.17, 15) is 4.79 Å². The molecule has 0 radical (unpaired) electrons. The summed E-state index contributed by atoms with van der Waals surface area (Å²) < 4.78 is 11.2. The van der Waals surface area contributed by atoms with Crippen LogP contribution in [0.25, 0.3) is 11.1 Å². The first kappa shape index (κ1) is 13.6. The van der Waals surface area contributed by atoms with Crippen LogP contribution in [0.15, 0.2) is 22.6 Å². The minimum Gasteiger partial charge on any atom is -0.440 e. The lowest BCUT2D eigenvalue weighted by molar-refractivity contribution is 0.112. The van der Waals surface area contributed by atoms with Gasteiger partial charge in [-0.15, -0.1) is 0 Å². The molecule has 1 aliphatic heterocycles. The highest BCUT2D eigenvalue weighted by Gasteiger charge is 2.28. The Morgan fingerprint density at radius 1 is 1.32 bits per heavy atom. The monoisotopic (exact) mass is 301 g/mol. The van der Waals surface area contributed by atoms with Gasteiger partial charge in [-0.3, -0.25) is 0 Å². The van der Waals surface area contributed by atoms with Gasteiger partial charge in [0.05, 0.1) is 6.10 Å². The molecule has 1 aromatic heterocycles. The average molecular weight is 301 g/mol. The zero-order valence-corrected chi connectivity index (χ0v) is 12.3. The second-order valence-electron chi connectivity index (χ2n) is 5.98. The van der Waals surface area contributed by atoms with Crippen molar-refractivity contribution < 1.29 is 13.9 Å². The van der Waals surface area contributed by atoms with Crippen LogP contribution in [0.4, 0.5) is 10.5 Å². The van der Waals surface area contributed by atoms with Crippen molar-refractivity contribution in [3.05, 3.63) is 24.1 Å². The molecule has 2 aliphatic rings. The van der Waals surface area contributed by atoms with Gasteiger partial charge >= 0.3 is 6.03 Å². The molecule has 1 saturated carbocycles. The highest BCUT2D eigenvalue weighted by molar-refractivity contribution is 5.91. The molecule has 2 amide bonds. The van der Waals surface area contributed by atoms with E-state index < -0.39 is 0 Å². The molecule has 1 saturated heterocycles. The number of fused-ring (bicyclic) bond motifs is 1. The van der Waals surface area contributed by atoms with E-state index in [4.69, 9.17) is 9.15 Å². The van der Waals surface area contributed by atoms with Crippen LogP contribution in [-0.2, 0) is 4.74 Å². The van der Waals surface area contributed by atoms with Crippen molar-refractivity contribution >= 4 is 22.8 Å². The summed E-state index contributed by atoms with van der Waals surface area (Å²) in [5.41, 5.74) is 2.28. The number of hydrogen-bond acceptors (Lipinski definition) is 4. The molecular formula is C16H19N3O3. The molecule has 4 rings (SSSR count). The van der Waals surface area contributed by atoms with E-state index in [1.165, 1.54) is 0 Å². The molecule has 0 spiro atoms. The molecule has 1 atom stereocenters. The van der Waals surface area contributed by atoms with E-state index >= 15 is 0 Å². The standard InChI is InChI=1S/C16H19N3O3/c20-16(17-9-12-2-1-7-21-12)18-11-5-6-14-13(8-11)19-15(22-14)10-3-4-10/h5-6,8,10,12H,1-4,7,9H2,(H2,17,18,20). The second-order valence-corrected chi connectivity index (χ2v) is 5.98. The molecule has 2 heterocycles. The number of oxazole rings is 1. The van der Waals surface area contributed by atoms with Crippen LogP contribution in [0.3, 0.4) is 0 Å². The van der Waals surface area contributed by atoms with Crippen LogP contribution >= 0.6 is 0 Å². The van der Waals surface area contributed by atoms with Crippen LogP contribution in [0.5, 0.6) is 0 Å². The average Bonchev–Trinajstić information content (AvgIpc) is 3.08. The van der Waals surface area contributed by atoms with E-state index in [0.29, 0.717) is 18.2 Å². The van der Waals surface area contributed by atoms with E-state index in [-0.39, 0.29) is 12.1 Å². The SMILES string of the molecule is O=C(NCC1CCCO1)Nc1ccc2oc(C3CC3)nc2c1. The van der Waals surface area contributed by atoms with E-state index in [1.54, 1.807) is 0 Å². The molecule has 2 fully saturated rings. The van der Waals surface area contributed by atoms with E-state index in [0.717, 1.165) is 49.3 Å². The predicted octanol–water partition coefficient (Wildman–Crippen LogP) is 3.01. The maximum Gasteiger partial charge on any atom is 0.319 e. The Morgan fingerprint density at radius 2 is 2.23 bits per heavy atom. The van der Waals surface area contributed by atoms with Gasteiger partial charge in [0.1, 0.15) is 5.52 Å². The third-order valence-corrected chi connectivity index (χ3v) is 4.10. The number of hydrogen-bond donors (Lipinski definition) is 2. The van der Waals surface area contributed by atoms with Crippen molar-refractivity contribution in [1.29, 1.82) is 0 Å². The smallest absolute Gasteiger partial charge is 0.319 e. The molecule has 0 bridgehead atoms. The summed E-state index contributed by atoms with van der Waals surface area (Å²) >= 11 is 0. The Balaban J connectivity index is 1.38. The number of anilines is 1. The number of carbonyl (C=O) groups excluding carboxylic acids is 1. The molecule has 1 aliphatic carbocycles. The summed E-state index contributed by atoms with van der Waals surface area (Å²) in [5.74, 6) is 1.30. The zero-order chi connectivity index (χ0) is 14.9. The highest BCUT2D eigenvalue weighted by Crippen LogP contribution is 2.40. The quantitative estimate of drug-likeness (QED) is 0.910. The zero-order valence-electron chi connectivity index (χ0n) is 12.3. The molecule has 22 heavy (non-hydrogen) atoms. The Bertz CT molecular complexity index is 687. The number of aromatic nitrogens is 1. The molecular weight excluding hydrogens is 282 g/mol. The van der Waals surface area contributed by atoms with E-state index in [2.05, 4.69) is 15.6 Å². The van der Waals surface area contributed by atoms with Crippen molar-refractivity contribution in [2.24, 2.45) is 0 Å². The maximum absolute atomic E-state index is 11.9. The Hall–Kier alpha value is -2.08. The lowest BCUT2D eigenvalue weighted by Gasteiger charge is -2.11. The summed E-state index contributed by atoms with van der Waals surface area (Å²) in [7, 11) is 0. The number of carbonyl (C=O) groups is 1. The number of rotatable bonds is 4. The summed E-state index contributed by atoms with van der Waals surface area (Å²) in [4.78, 5) is 16.4. The van der Waals surface area contributed by atoms with Gasteiger partial charge in [-0.1, -0.05) is 0 Å². The first-order valence-electron chi connectivity index (χ1n) is 7.85. The highest BCUT2D eigenvalue weighted by atomic mass is 16.5. The molecule has 2 N–H and O–H groups in total. The lowest BCUT2D eigenvalue weighted by Crippen LogP contribution is -2.34. The van der Waals surface area contributed by atoms with Crippen molar-refractivity contribution in [3.63, 3.8) is 0 Å². The van der Waals surface area contributed by atoms with Gasteiger partial charge in [-0.2, -0.15) is 0 Å². The number of urea groups is 1. The Labute approximate surface area is 128 Å². The normalized spacial score (nSPS) is 21.2. The molecule has 6 heteroatoms. The fourth-order valence-corrected chi connectivity index (χ4v) is 2.72. The van der Waals surface area contributed by atoms with Gasteiger partial charge in [-0.25, -0.2) is 9.78 Å². The molecule has 116 valence electrons. The van der Waals surface area contributed by atoms with Crippen molar-refractivity contribution in [3.8, 4) is 0 Å². The van der Waals surface area contributed by atoms with Crippen LogP contribution in [0.2, 0.25) is 0 Å². The summed E-state index contributed by atoms with van der Waals surface area (Å²) in [6.07, 6.45) is 4.53. The summed E-state index contributed by atoms with van der Waals surface area (Å²) in [5, 5.41) is 5.66. The maximum atomic E-state index is 11.9. The Kier molecular flexibility index (Phi) is 3.46. The van der Waals surface area contributed by atoms with Gasteiger partial charge in [0.2, 0.25) is 0 Å². The molecule has 1 unspecified atom stereocenters. The van der Waals surface area contributed by atoms with Crippen LogP contribution in [-0.4, -0.2) is 30.3 Å². The third-order valence-electron chi connectivity index (χ3n) is 4.10. The van der Waals surface area contributed by atoms with Crippen LogP contribution in [0.1, 0.15) is 37.5 Å². The fraction of sp³-hybridized carbons (Fsp3) is 0.500. The third kappa shape index (κ3) is 2.92. The molecule has 1 aromatic carbocycles. The van der Waals surface area contributed by atoms with Gasteiger partial charge in [-0.05, 0) is 43.9 Å². The van der Waals surface area contributed by atoms with Crippen molar-refractivity contribution in [1.82, 2.24) is 10.3 Å². The van der Waals surface area contributed by atoms with Crippen LogP contribution < -0.4 is 10.6 Å². The number of ether oxygens (including phenoxy) is 1. The minimum absolute atomic E-state index is 0.143. The summed E-state index contributed by atoms with van der Waals surface area (Å²) in [6, 6.07) is 5.30. The number of benzene rings is 1. The van der Waals surface area contributed by atoms with E-state index in [1.807, 2.05) is 18.2 Å². The topological polar surface area (TPSA) is 76.4 Å². The number of nitrogens with one attached hydrogen (secondary N) is 2. The molecule has 2 aromatic rings. The lowest BCUT2D eigenvalue weighted by atomic mass is 10.2. The fourth-order valence-electron chi connectivity index (χ4n) is 2.72. The largest absolute Gasteiger partial charge is 0.440 e. The first-order valence-corrected chi connectivity index (χ1v) is 7.85. The summed E-state index contributed by atoms with van der Waals surface area (Å²) in [6.45, 7) is 1.34. The minimum atomic E-state index is -0.222. The molecule has 6 nitrogen and oxygen atoms in total. The first-order chi connectivity index (χ1) is 10.8.